The smallest absolute Gasteiger partial charge is 0.274 e. The van der Waals surface area contributed by atoms with E-state index >= 15 is 0 Å². The fourth-order valence-corrected chi connectivity index (χ4v) is 5.27. The topological polar surface area (TPSA) is 65.0 Å². The number of rotatable bonds is 6. The molecule has 0 aromatic heterocycles. The molecular weight excluding hydrogens is 396 g/mol. The van der Waals surface area contributed by atoms with Crippen LogP contribution in [0.15, 0.2) is 53.7 Å². The van der Waals surface area contributed by atoms with Gasteiger partial charge in [0, 0.05) is 20.7 Å². The fourth-order valence-electron chi connectivity index (χ4n) is 2.58. The third-order valence-corrected chi connectivity index (χ3v) is 7.32. The summed E-state index contributed by atoms with van der Waals surface area (Å²) >= 11 is 11.9. The first-order valence-electron chi connectivity index (χ1n) is 7.87. The van der Waals surface area contributed by atoms with Gasteiger partial charge in [-0.2, -0.15) is 0 Å². The minimum absolute atomic E-state index is 0.0324. The molecule has 1 aliphatic heterocycles. The van der Waals surface area contributed by atoms with Crippen LogP contribution < -0.4 is 10.6 Å². The number of carbonyl (C=O) groups excluding carboxylic acids is 1. The number of hydrogen-bond donors (Lipinski definition) is 0. The van der Waals surface area contributed by atoms with Crippen molar-refractivity contribution in [1.29, 1.82) is 0 Å². The first-order chi connectivity index (χ1) is 12.4. The van der Waals surface area contributed by atoms with Crippen molar-refractivity contribution < 1.29 is 18.9 Å². The van der Waals surface area contributed by atoms with Crippen LogP contribution >= 0.6 is 30.3 Å². The van der Waals surface area contributed by atoms with E-state index in [-0.39, 0.29) is 24.3 Å². The van der Waals surface area contributed by atoms with Gasteiger partial charge < -0.3 is 14.1 Å². The van der Waals surface area contributed by atoms with E-state index in [0.717, 1.165) is 0 Å². The molecule has 0 N–H and O–H groups in total. The van der Waals surface area contributed by atoms with Crippen LogP contribution in [0.3, 0.4) is 0 Å². The van der Waals surface area contributed by atoms with Crippen molar-refractivity contribution in [2.75, 3.05) is 6.16 Å². The van der Waals surface area contributed by atoms with E-state index in [9.17, 15) is 9.36 Å². The van der Waals surface area contributed by atoms with Crippen molar-refractivity contribution in [3.63, 3.8) is 0 Å². The summed E-state index contributed by atoms with van der Waals surface area (Å²) in [6.07, 6.45) is -0.657. The van der Waals surface area contributed by atoms with Gasteiger partial charge in [0.2, 0.25) is 5.90 Å². The second-order valence-corrected chi connectivity index (χ2v) is 9.60. The zero-order chi connectivity index (χ0) is 18.7. The SMILES string of the molecule is CC(=O)CC1ON=C(CP(=O)(c2ccc(Cl)cc2)c2ccc(Cl)cc2)O1. The molecule has 26 heavy (non-hydrogen) atoms. The third-order valence-electron chi connectivity index (χ3n) is 3.84. The molecule has 0 saturated carbocycles. The maximum atomic E-state index is 14.0. The Kier molecular flexibility index (Phi) is 5.71. The van der Waals surface area contributed by atoms with Gasteiger partial charge in [0.25, 0.3) is 6.29 Å². The first kappa shape index (κ1) is 19.0. The molecule has 0 amide bonds. The van der Waals surface area contributed by atoms with Gasteiger partial charge in [-0.3, -0.25) is 4.79 Å². The molecule has 1 aliphatic rings. The van der Waals surface area contributed by atoms with Crippen LogP contribution in [0.2, 0.25) is 10.0 Å². The van der Waals surface area contributed by atoms with E-state index in [2.05, 4.69) is 5.16 Å². The molecule has 1 heterocycles. The number of hydrogen-bond acceptors (Lipinski definition) is 5. The van der Waals surface area contributed by atoms with Crippen molar-refractivity contribution in [3.8, 4) is 0 Å². The highest BCUT2D eigenvalue weighted by atomic mass is 35.5. The van der Waals surface area contributed by atoms with Crippen LogP contribution in [0.5, 0.6) is 0 Å². The monoisotopic (exact) mass is 411 g/mol. The predicted molar refractivity (Wildman–Crippen MR) is 103 cm³/mol. The summed E-state index contributed by atoms with van der Waals surface area (Å²) in [5, 5.41) is 6.19. The van der Waals surface area contributed by atoms with E-state index in [1.807, 2.05) is 0 Å². The molecule has 2 aromatic carbocycles. The molecule has 0 spiro atoms. The van der Waals surface area contributed by atoms with Crippen LogP contribution in [0, 0.1) is 0 Å². The Morgan fingerprint density at radius 3 is 2.00 bits per heavy atom. The minimum atomic E-state index is -3.11. The van der Waals surface area contributed by atoms with E-state index < -0.39 is 13.4 Å². The summed E-state index contributed by atoms with van der Waals surface area (Å²) in [5.41, 5.74) is 0. The van der Waals surface area contributed by atoms with Crippen molar-refractivity contribution in [2.45, 2.75) is 19.6 Å². The van der Waals surface area contributed by atoms with Gasteiger partial charge in [0.15, 0.2) is 7.14 Å². The largest absolute Gasteiger partial charge is 0.435 e. The number of ether oxygens (including phenoxy) is 1. The standard InChI is InChI=1S/C18H16Cl2NO4P/c1-12(22)10-18-24-17(21-25-18)11-26(23,15-6-2-13(19)3-7-15)16-8-4-14(20)5-9-16/h2-9,18H,10-11H2,1H3. The Balaban J connectivity index is 1.92. The summed E-state index contributed by atoms with van der Waals surface area (Å²) in [6.45, 7) is 1.44. The number of Topliss-reactive ketones (excluding diaryl/α,β-unsaturated/α-hetero) is 1. The van der Waals surface area contributed by atoms with Gasteiger partial charge in [-0.1, -0.05) is 23.2 Å². The van der Waals surface area contributed by atoms with Crippen molar-refractivity contribution in [1.82, 2.24) is 0 Å². The average molecular weight is 412 g/mol. The van der Waals surface area contributed by atoms with Crippen LogP contribution in [-0.2, 0) is 18.9 Å². The first-order valence-corrected chi connectivity index (χ1v) is 10.5. The molecular formula is C18H16Cl2NO4P. The molecule has 0 fully saturated rings. The number of benzene rings is 2. The molecule has 2 aromatic rings. The highest BCUT2D eigenvalue weighted by molar-refractivity contribution is 7.79. The van der Waals surface area contributed by atoms with Gasteiger partial charge in [0.05, 0.1) is 12.6 Å². The zero-order valence-electron chi connectivity index (χ0n) is 13.9. The van der Waals surface area contributed by atoms with Gasteiger partial charge >= 0.3 is 0 Å². The van der Waals surface area contributed by atoms with Crippen LogP contribution in [0.1, 0.15) is 13.3 Å². The summed E-state index contributed by atoms with van der Waals surface area (Å²) in [6, 6.07) is 13.6. The second-order valence-electron chi connectivity index (χ2n) is 5.89. The third kappa shape index (κ3) is 4.29. The van der Waals surface area contributed by atoms with Crippen molar-refractivity contribution >= 4 is 52.6 Å². The van der Waals surface area contributed by atoms with E-state index in [1.54, 1.807) is 48.5 Å². The molecule has 0 bridgehead atoms. The molecule has 0 saturated heterocycles. The van der Waals surface area contributed by atoms with Crippen LogP contribution in [0.25, 0.3) is 0 Å². The lowest BCUT2D eigenvalue weighted by atomic mass is 10.3. The van der Waals surface area contributed by atoms with E-state index in [4.69, 9.17) is 32.8 Å². The Bertz CT molecular complexity index is 832. The van der Waals surface area contributed by atoms with Gasteiger partial charge in [-0.25, -0.2) is 0 Å². The number of carbonyl (C=O) groups is 1. The Morgan fingerprint density at radius 2 is 1.54 bits per heavy atom. The van der Waals surface area contributed by atoms with Gasteiger partial charge in [0.1, 0.15) is 5.78 Å². The molecule has 5 nitrogen and oxygen atoms in total. The molecule has 136 valence electrons. The van der Waals surface area contributed by atoms with Crippen molar-refractivity contribution in [3.05, 3.63) is 58.6 Å². The van der Waals surface area contributed by atoms with Crippen LogP contribution in [-0.4, -0.2) is 24.1 Å². The number of oxime groups is 1. The Labute approximate surface area is 161 Å². The normalized spacial score (nSPS) is 16.6. The summed E-state index contributed by atoms with van der Waals surface area (Å²) in [5.74, 6) is 0.120. The summed E-state index contributed by atoms with van der Waals surface area (Å²) in [7, 11) is -3.11. The molecule has 1 atom stereocenters. The molecule has 1 unspecified atom stereocenters. The average Bonchev–Trinajstić information content (AvgIpc) is 3.01. The predicted octanol–water partition coefficient (Wildman–Crippen LogP) is 3.97. The zero-order valence-corrected chi connectivity index (χ0v) is 16.3. The number of halogens is 2. The van der Waals surface area contributed by atoms with Crippen molar-refractivity contribution in [2.24, 2.45) is 5.16 Å². The van der Waals surface area contributed by atoms with Gasteiger partial charge in [-0.15, -0.1) is 0 Å². The van der Waals surface area contributed by atoms with E-state index in [0.29, 0.717) is 20.7 Å². The highest BCUT2D eigenvalue weighted by Gasteiger charge is 2.34. The molecule has 3 rings (SSSR count). The number of ketones is 1. The number of nitrogens with zero attached hydrogens (tertiary/aromatic N) is 1. The second kappa shape index (κ2) is 7.83. The van der Waals surface area contributed by atoms with Crippen LogP contribution in [0.4, 0.5) is 0 Å². The molecule has 0 aliphatic carbocycles. The Morgan fingerprint density at radius 1 is 1.04 bits per heavy atom. The highest BCUT2D eigenvalue weighted by Crippen LogP contribution is 2.44. The lowest BCUT2D eigenvalue weighted by molar-refractivity contribution is -0.125. The maximum absolute atomic E-state index is 14.0. The molecule has 8 heteroatoms. The van der Waals surface area contributed by atoms with Gasteiger partial charge in [-0.05, 0) is 60.6 Å². The van der Waals surface area contributed by atoms with E-state index in [1.165, 1.54) is 6.92 Å². The quantitative estimate of drug-likeness (QED) is 0.674. The lowest BCUT2D eigenvalue weighted by Crippen LogP contribution is -2.24. The minimum Gasteiger partial charge on any atom is -0.435 e. The molecule has 0 radical (unpaired) electrons. The Hall–Kier alpha value is -1.81. The maximum Gasteiger partial charge on any atom is 0.274 e. The summed E-state index contributed by atoms with van der Waals surface area (Å²) < 4.78 is 19.5. The fraction of sp³-hybridized carbons (Fsp3) is 0.222. The summed E-state index contributed by atoms with van der Waals surface area (Å²) in [4.78, 5) is 16.3. The lowest BCUT2D eigenvalue weighted by Gasteiger charge is -2.19.